The maximum Gasteiger partial charge on any atom is 0.191 e. The van der Waals surface area contributed by atoms with Crippen LogP contribution in [0.1, 0.15) is 36.6 Å². The van der Waals surface area contributed by atoms with Gasteiger partial charge in [-0.2, -0.15) is 0 Å². The maximum absolute atomic E-state index is 5.71. The first-order valence-corrected chi connectivity index (χ1v) is 10.2. The van der Waals surface area contributed by atoms with Gasteiger partial charge in [-0.15, -0.1) is 11.3 Å². The molecule has 0 aliphatic carbocycles. The van der Waals surface area contributed by atoms with Gasteiger partial charge in [0.2, 0.25) is 0 Å². The number of nitrogens with one attached hydrogen (secondary N) is 2. The molecule has 0 aromatic carbocycles. The topological polar surface area (TPSA) is 67.8 Å². The number of hydrogen-bond acceptors (Lipinski definition) is 5. The van der Waals surface area contributed by atoms with E-state index in [1.165, 1.54) is 9.88 Å². The first-order valence-electron chi connectivity index (χ1n) is 9.43. The monoisotopic (exact) mass is 368 g/mol. The molecule has 1 aliphatic rings. The van der Waals surface area contributed by atoms with Crippen LogP contribution in [-0.4, -0.2) is 57.0 Å². The molecule has 1 atom stereocenters. The Morgan fingerprint density at radius 3 is 3.08 bits per heavy atom. The molecule has 0 spiro atoms. The Morgan fingerprint density at radius 2 is 2.36 bits per heavy atom. The van der Waals surface area contributed by atoms with Crippen molar-refractivity contribution in [1.29, 1.82) is 0 Å². The van der Waals surface area contributed by atoms with E-state index >= 15 is 0 Å². The van der Waals surface area contributed by atoms with Crippen LogP contribution in [0.25, 0.3) is 0 Å². The van der Waals surface area contributed by atoms with E-state index in [1.54, 1.807) is 11.3 Å². The van der Waals surface area contributed by atoms with Crippen molar-refractivity contribution in [2.75, 3.05) is 46.1 Å². The first-order chi connectivity index (χ1) is 12.3. The van der Waals surface area contributed by atoms with E-state index in [0.29, 0.717) is 5.92 Å². The van der Waals surface area contributed by atoms with Crippen LogP contribution in [0.5, 0.6) is 0 Å². The van der Waals surface area contributed by atoms with Crippen molar-refractivity contribution < 1.29 is 9.47 Å². The number of thiazole rings is 1. The molecule has 6 nitrogen and oxygen atoms in total. The summed E-state index contributed by atoms with van der Waals surface area (Å²) in [6.45, 7) is 10.0. The first kappa shape index (κ1) is 20.1. The van der Waals surface area contributed by atoms with Crippen LogP contribution in [0.3, 0.4) is 0 Å². The third-order valence-corrected chi connectivity index (χ3v) is 5.22. The molecule has 1 saturated heterocycles. The Morgan fingerprint density at radius 1 is 1.44 bits per heavy atom. The van der Waals surface area contributed by atoms with E-state index in [1.807, 2.05) is 6.20 Å². The molecule has 0 bridgehead atoms. The molecule has 1 unspecified atom stereocenters. The van der Waals surface area contributed by atoms with Gasteiger partial charge in [-0.05, 0) is 26.2 Å². The molecule has 2 N–H and O–H groups in total. The Kier molecular flexibility index (Phi) is 9.84. The molecular weight excluding hydrogens is 336 g/mol. The highest BCUT2D eigenvalue weighted by Crippen LogP contribution is 2.13. The fourth-order valence-electron chi connectivity index (χ4n) is 2.58. The highest BCUT2D eigenvalue weighted by atomic mass is 32.1. The SMILES string of the molecule is CCNC(=NCCCOCC1CCOC1)NCCc1ncc(CC)s1. The van der Waals surface area contributed by atoms with E-state index < -0.39 is 0 Å². The maximum atomic E-state index is 5.71. The lowest BCUT2D eigenvalue weighted by Crippen LogP contribution is -2.38. The minimum atomic E-state index is 0.585. The second kappa shape index (κ2) is 12.2. The van der Waals surface area contributed by atoms with Crippen molar-refractivity contribution in [2.45, 2.75) is 39.5 Å². The fourth-order valence-corrected chi connectivity index (χ4v) is 3.44. The Labute approximate surface area is 155 Å². The molecule has 0 amide bonds. The number of guanidine groups is 1. The molecule has 1 aromatic rings. The summed E-state index contributed by atoms with van der Waals surface area (Å²) in [6.07, 6.45) is 6.05. The molecule has 0 radical (unpaired) electrons. The van der Waals surface area contributed by atoms with Crippen LogP contribution in [0, 0.1) is 5.92 Å². The van der Waals surface area contributed by atoms with E-state index in [-0.39, 0.29) is 0 Å². The number of aliphatic imine (C=N–C) groups is 1. The van der Waals surface area contributed by atoms with Gasteiger partial charge in [0.15, 0.2) is 5.96 Å². The molecule has 142 valence electrons. The largest absolute Gasteiger partial charge is 0.381 e. The number of rotatable bonds is 11. The quantitative estimate of drug-likeness (QED) is 0.356. The van der Waals surface area contributed by atoms with Crippen molar-refractivity contribution in [3.8, 4) is 0 Å². The summed E-state index contributed by atoms with van der Waals surface area (Å²) in [5.74, 6) is 1.46. The van der Waals surface area contributed by atoms with Gasteiger partial charge in [-0.25, -0.2) is 4.98 Å². The summed E-state index contributed by atoms with van der Waals surface area (Å²) in [7, 11) is 0. The van der Waals surface area contributed by atoms with Crippen LogP contribution in [0.4, 0.5) is 0 Å². The molecule has 25 heavy (non-hydrogen) atoms. The normalized spacial score (nSPS) is 17.8. The van der Waals surface area contributed by atoms with Crippen molar-refractivity contribution in [3.05, 3.63) is 16.1 Å². The number of nitrogens with zero attached hydrogens (tertiary/aromatic N) is 2. The lowest BCUT2D eigenvalue weighted by atomic mass is 10.1. The molecule has 2 rings (SSSR count). The van der Waals surface area contributed by atoms with Gasteiger partial charge < -0.3 is 20.1 Å². The van der Waals surface area contributed by atoms with Crippen molar-refractivity contribution in [2.24, 2.45) is 10.9 Å². The van der Waals surface area contributed by atoms with Gasteiger partial charge >= 0.3 is 0 Å². The highest BCUT2D eigenvalue weighted by Gasteiger charge is 2.15. The number of ether oxygens (including phenoxy) is 2. The van der Waals surface area contributed by atoms with Crippen LogP contribution >= 0.6 is 11.3 Å². The summed E-state index contributed by atoms with van der Waals surface area (Å²) >= 11 is 1.80. The van der Waals surface area contributed by atoms with Gasteiger partial charge in [-0.1, -0.05) is 6.92 Å². The average Bonchev–Trinajstić information content (AvgIpc) is 3.29. The summed E-state index contributed by atoms with van der Waals surface area (Å²) in [4.78, 5) is 10.4. The Hall–Kier alpha value is -1.18. The van der Waals surface area contributed by atoms with Crippen molar-refractivity contribution in [3.63, 3.8) is 0 Å². The number of aryl methyl sites for hydroxylation is 1. The predicted octanol–water partition coefficient (Wildman–Crippen LogP) is 2.25. The second-order valence-electron chi connectivity index (χ2n) is 6.17. The standard InChI is InChI=1S/C18H32N4O2S/c1-3-16-12-22-17(25-16)6-9-21-18(19-4-2)20-8-5-10-23-13-15-7-11-24-14-15/h12,15H,3-11,13-14H2,1-2H3,(H2,19,20,21). The zero-order valence-corrected chi connectivity index (χ0v) is 16.4. The van der Waals surface area contributed by atoms with Crippen LogP contribution in [0.2, 0.25) is 0 Å². The fraction of sp³-hybridized carbons (Fsp3) is 0.778. The van der Waals surface area contributed by atoms with E-state index in [9.17, 15) is 0 Å². The minimum Gasteiger partial charge on any atom is -0.381 e. The lowest BCUT2D eigenvalue weighted by Gasteiger charge is -2.11. The van der Waals surface area contributed by atoms with Crippen molar-refractivity contribution >= 4 is 17.3 Å². The molecule has 0 saturated carbocycles. The van der Waals surface area contributed by atoms with Crippen LogP contribution in [-0.2, 0) is 22.3 Å². The van der Waals surface area contributed by atoms with Crippen LogP contribution < -0.4 is 10.6 Å². The second-order valence-corrected chi connectivity index (χ2v) is 7.37. The lowest BCUT2D eigenvalue weighted by molar-refractivity contribution is 0.0893. The minimum absolute atomic E-state index is 0.585. The smallest absolute Gasteiger partial charge is 0.191 e. The summed E-state index contributed by atoms with van der Waals surface area (Å²) < 4.78 is 11.1. The summed E-state index contributed by atoms with van der Waals surface area (Å²) in [5, 5.41) is 7.85. The third-order valence-electron chi connectivity index (χ3n) is 4.02. The molecule has 2 heterocycles. The molecule has 7 heteroatoms. The van der Waals surface area contributed by atoms with Gasteiger partial charge in [0.1, 0.15) is 0 Å². The zero-order valence-electron chi connectivity index (χ0n) is 15.6. The molecule has 1 aliphatic heterocycles. The van der Waals surface area contributed by atoms with Crippen LogP contribution in [0.15, 0.2) is 11.2 Å². The third kappa shape index (κ3) is 8.16. The van der Waals surface area contributed by atoms with Crippen molar-refractivity contribution in [1.82, 2.24) is 15.6 Å². The van der Waals surface area contributed by atoms with Gasteiger partial charge in [0.05, 0.1) is 18.2 Å². The zero-order chi connectivity index (χ0) is 17.7. The molecular formula is C18H32N4O2S. The molecule has 1 aromatic heterocycles. The molecule has 1 fully saturated rings. The average molecular weight is 369 g/mol. The predicted molar refractivity (Wildman–Crippen MR) is 104 cm³/mol. The Balaban J connectivity index is 1.58. The summed E-state index contributed by atoms with van der Waals surface area (Å²) in [5.41, 5.74) is 0. The number of hydrogen-bond donors (Lipinski definition) is 2. The Bertz CT molecular complexity index is 501. The summed E-state index contributed by atoms with van der Waals surface area (Å²) in [6, 6.07) is 0. The van der Waals surface area contributed by atoms with Gasteiger partial charge in [-0.3, -0.25) is 4.99 Å². The van der Waals surface area contributed by atoms with Gasteiger partial charge in [0.25, 0.3) is 0 Å². The van der Waals surface area contributed by atoms with E-state index in [4.69, 9.17) is 9.47 Å². The van der Waals surface area contributed by atoms with E-state index in [2.05, 4.69) is 34.5 Å². The number of aromatic nitrogens is 1. The highest BCUT2D eigenvalue weighted by molar-refractivity contribution is 7.11. The van der Waals surface area contributed by atoms with Gasteiger partial charge in [0, 0.05) is 56.3 Å². The van der Waals surface area contributed by atoms with E-state index in [0.717, 1.165) is 77.7 Å².